The summed E-state index contributed by atoms with van der Waals surface area (Å²) in [5.74, 6) is 0. The van der Waals surface area contributed by atoms with Gasteiger partial charge >= 0.3 is 77.6 Å². The summed E-state index contributed by atoms with van der Waals surface area (Å²) >= 11 is -5.91. The molecule has 0 radical (unpaired) electrons. The first-order valence-electron chi connectivity index (χ1n) is 2.93. The molecular weight excluding hydrogens is 294 g/mol. The Morgan fingerprint density at radius 1 is 1.00 bits per heavy atom. The van der Waals surface area contributed by atoms with E-state index in [2.05, 4.69) is 0 Å². The predicted octanol–water partition coefficient (Wildman–Crippen LogP) is -2.08. The van der Waals surface area contributed by atoms with Crippen LogP contribution in [-0.2, 0) is 7.67 Å². The Bertz CT molecular complexity index is 307. The molecule has 0 fully saturated rings. The van der Waals surface area contributed by atoms with Gasteiger partial charge in [0.25, 0.3) is 0 Å². The number of hydrogen-bond acceptors (Lipinski definition) is 2. The molecule has 0 aliphatic heterocycles. The van der Waals surface area contributed by atoms with E-state index >= 15 is 0 Å². The average Bonchev–Trinajstić information content (AvgIpc) is 2.04. The van der Waals surface area contributed by atoms with E-state index in [4.69, 9.17) is 8.38 Å². The summed E-state index contributed by atoms with van der Waals surface area (Å²) < 4.78 is 39.2. The molecule has 2 N–H and O–H groups in total. The molecule has 4 nitrogen and oxygen atoms in total. The summed E-state index contributed by atoms with van der Waals surface area (Å²) in [7, 11) is 0. The van der Waals surface area contributed by atoms with Gasteiger partial charge in [-0.25, -0.2) is 0 Å². The fraction of sp³-hybridized carbons (Fsp3) is 0. The molecule has 1 rings (SSSR count). The van der Waals surface area contributed by atoms with Crippen molar-refractivity contribution in [1.82, 2.24) is 0 Å². The first-order valence-corrected chi connectivity index (χ1v) is 7.57. The molecule has 0 aliphatic rings. The third-order valence-corrected chi connectivity index (χ3v) is 3.97. The zero-order valence-electron chi connectivity index (χ0n) is 5.84. The minimum absolute atomic E-state index is 0.242. The molecule has 0 saturated heterocycles. The van der Waals surface area contributed by atoms with Crippen LogP contribution in [0.15, 0.2) is 24.3 Å². The van der Waals surface area contributed by atoms with Gasteiger partial charge in [-0.15, -0.1) is 0 Å². The van der Waals surface area contributed by atoms with Crippen LogP contribution in [0.4, 0.5) is 0 Å². The average molecular weight is 300 g/mol. The Morgan fingerprint density at radius 3 is 1.75 bits per heavy atom. The van der Waals surface area contributed by atoms with Crippen LogP contribution in [-0.4, -0.2) is 36.7 Å². The van der Waals surface area contributed by atoms with Crippen molar-refractivity contribution in [3.05, 3.63) is 24.3 Å². The summed E-state index contributed by atoms with van der Waals surface area (Å²) in [6.45, 7) is 0. The molecule has 1 aromatic carbocycles. The van der Waals surface area contributed by atoms with Gasteiger partial charge in [0, 0.05) is 0 Å². The Hall–Kier alpha value is -0.221. The molecule has 2 atom stereocenters. The molecule has 66 valence electrons. The van der Waals surface area contributed by atoms with Crippen molar-refractivity contribution >= 4 is 37.2 Å². The fourth-order valence-corrected chi connectivity index (χ4v) is 2.84. The SMILES string of the molecule is O=[Se](O)c1cccc([Se](=O)O)c1. The minimum atomic E-state index is -2.95. The monoisotopic (exact) mass is 302 g/mol. The normalized spacial score (nSPS) is 15.5. The van der Waals surface area contributed by atoms with Crippen molar-refractivity contribution in [2.75, 3.05) is 0 Å². The summed E-state index contributed by atoms with van der Waals surface area (Å²) in [5, 5.41) is 0. The van der Waals surface area contributed by atoms with Crippen LogP contribution in [0, 0.1) is 0 Å². The van der Waals surface area contributed by atoms with Gasteiger partial charge in [0.05, 0.1) is 0 Å². The van der Waals surface area contributed by atoms with Gasteiger partial charge in [-0.3, -0.25) is 0 Å². The van der Waals surface area contributed by atoms with Crippen molar-refractivity contribution < 1.29 is 16.0 Å². The predicted molar refractivity (Wildman–Crippen MR) is 43.0 cm³/mol. The van der Waals surface area contributed by atoms with Crippen LogP contribution >= 0.6 is 0 Å². The maximum atomic E-state index is 10.6. The molecule has 0 bridgehead atoms. The Balaban J connectivity index is 3.12. The van der Waals surface area contributed by atoms with Gasteiger partial charge in [0.1, 0.15) is 0 Å². The van der Waals surface area contributed by atoms with E-state index < -0.39 is 28.3 Å². The Labute approximate surface area is 77.7 Å². The van der Waals surface area contributed by atoms with Gasteiger partial charge in [0.15, 0.2) is 0 Å². The molecule has 2 unspecified atom stereocenters. The van der Waals surface area contributed by atoms with Gasteiger partial charge in [-0.2, -0.15) is 0 Å². The Kier molecular flexibility index (Phi) is 3.40. The van der Waals surface area contributed by atoms with Crippen LogP contribution in [0.25, 0.3) is 0 Å². The second kappa shape index (κ2) is 4.14. The molecule has 6 heteroatoms. The van der Waals surface area contributed by atoms with Gasteiger partial charge in [-0.05, 0) is 0 Å². The molecule has 0 saturated carbocycles. The van der Waals surface area contributed by atoms with Crippen molar-refractivity contribution in [3.8, 4) is 0 Å². The standard InChI is InChI=1S/C6H6O4Se2/c7-11(8)5-2-1-3-6(4-5)12(9)10/h1-4H,(H,7,8)(H,9,10). The van der Waals surface area contributed by atoms with Crippen molar-refractivity contribution in [2.24, 2.45) is 0 Å². The number of hydrogen-bond donors (Lipinski definition) is 2. The van der Waals surface area contributed by atoms with E-state index in [1.54, 1.807) is 0 Å². The van der Waals surface area contributed by atoms with E-state index in [1.165, 1.54) is 24.3 Å². The molecule has 0 aromatic heterocycles. The summed E-state index contributed by atoms with van der Waals surface area (Å²) in [5.41, 5.74) is 0. The second-order valence-electron chi connectivity index (χ2n) is 1.97. The van der Waals surface area contributed by atoms with Crippen LogP contribution < -0.4 is 8.92 Å². The molecule has 0 amide bonds. The van der Waals surface area contributed by atoms with Crippen LogP contribution in [0.1, 0.15) is 0 Å². The van der Waals surface area contributed by atoms with Crippen LogP contribution in [0.2, 0.25) is 0 Å². The van der Waals surface area contributed by atoms with Crippen molar-refractivity contribution in [1.29, 1.82) is 0 Å². The maximum absolute atomic E-state index is 10.6. The van der Waals surface area contributed by atoms with Crippen molar-refractivity contribution in [2.45, 2.75) is 0 Å². The van der Waals surface area contributed by atoms with Crippen LogP contribution in [0.5, 0.6) is 0 Å². The first kappa shape index (κ1) is 9.86. The topological polar surface area (TPSA) is 74.6 Å². The van der Waals surface area contributed by atoms with E-state index in [-0.39, 0.29) is 8.92 Å². The quantitative estimate of drug-likeness (QED) is 0.615. The first-order chi connectivity index (χ1) is 5.61. The third-order valence-electron chi connectivity index (χ3n) is 1.21. The van der Waals surface area contributed by atoms with E-state index in [0.29, 0.717) is 0 Å². The molecule has 0 heterocycles. The zero-order valence-corrected chi connectivity index (χ0v) is 9.26. The van der Waals surface area contributed by atoms with E-state index in [9.17, 15) is 7.67 Å². The van der Waals surface area contributed by atoms with E-state index in [0.717, 1.165) is 0 Å². The summed E-state index contributed by atoms with van der Waals surface area (Å²) in [4.78, 5) is 0. The third kappa shape index (κ3) is 2.38. The Morgan fingerprint density at radius 2 is 1.42 bits per heavy atom. The zero-order chi connectivity index (χ0) is 9.14. The fourth-order valence-electron chi connectivity index (χ4n) is 0.691. The summed E-state index contributed by atoms with van der Waals surface area (Å²) in [6.07, 6.45) is 0. The van der Waals surface area contributed by atoms with Gasteiger partial charge in [-0.1, -0.05) is 0 Å². The number of benzene rings is 1. The summed E-state index contributed by atoms with van der Waals surface area (Å²) in [6, 6.07) is 5.74. The molecule has 12 heavy (non-hydrogen) atoms. The van der Waals surface area contributed by atoms with Crippen LogP contribution in [0.3, 0.4) is 0 Å². The second-order valence-corrected chi connectivity index (χ2v) is 6.04. The molecule has 0 aliphatic carbocycles. The number of rotatable bonds is 2. The molecular formula is C6H6O4Se2. The van der Waals surface area contributed by atoms with Gasteiger partial charge in [0.2, 0.25) is 0 Å². The van der Waals surface area contributed by atoms with Crippen molar-refractivity contribution in [3.63, 3.8) is 0 Å². The van der Waals surface area contributed by atoms with Gasteiger partial charge < -0.3 is 0 Å². The molecule has 0 spiro atoms. The molecule has 1 aromatic rings. The van der Waals surface area contributed by atoms with E-state index in [1.807, 2.05) is 0 Å².